The van der Waals surface area contributed by atoms with Gasteiger partial charge in [-0.1, -0.05) is 12.1 Å². The van der Waals surface area contributed by atoms with Crippen LogP contribution in [-0.4, -0.2) is 46.6 Å². The van der Waals surface area contributed by atoms with Crippen molar-refractivity contribution in [3.8, 4) is 11.3 Å². The molecule has 0 unspecified atom stereocenters. The predicted molar refractivity (Wildman–Crippen MR) is 110 cm³/mol. The van der Waals surface area contributed by atoms with E-state index in [1.54, 1.807) is 23.9 Å². The number of hydrogen-bond donors (Lipinski definition) is 2. The first kappa shape index (κ1) is 19.5. The Balaban J connectivity index is 1.53. The van der Waals surface area contributed by atoms with Gasteiger partial charge in [-0.15, -0.1) is 0 Å². The maximum Gasteiger partial charge on any atom is 0.270 e. The van der Waals surface area contributed by atoms with Crippen LogP contribution >= 0.6 is 0 Å². The quantitative estimate of drug-likeness (QED) is 0.367. The van der Waals surface area contributed by atoms with Gasteiger partial charge in [0.1, 0.15) is 17.0 Å². The molecule has 0 aliphatic rings. The molecule has 0 amide bonds. The molecule has 2 N–H and O–H groups in total. The van der Waals surface area contributed by atoms with Crippen molar-refractivity contribution in [1.82, 2.24) is 34.6 Å². The highest BCUT2D eigenvalue weighted by Gasteiger charge is 2.15. The number of nitrogens with one attached hydrogen (secondary N) is 2. The summed E-state index contributed by atoms with van der Waals surface area (Å²) >= 11 is 0. The van der Waals surface area contributed by atoms with E-state index in [-0.39, 0.29) is 11.2 Å². The molecule has 11 nitrogen and oxygen atoms in total. The van der Waals surface area contributed by atoms with Crippen LogP contribution in [0.4, 0.5) is 5.69 Å². The lowest BCUT2D eigenvalue weighted by molar-refractivity contribution is -0.384. The summed E-state index contributed by atoms with van der Waals surface area (Å²) in [5.74, 6) is 1.24. The normalized spacial score (nSPS) is 11.5. The van der Waals surface area contributed by atoms with Gasteiger partial charge in [0.2, 0.25) is 0 Å². The van der Waals surface area contributed by atoms with E-state index < -0.39 is 4.92 Å². The first-order valence-corrected chi connectivity index (χ1v) is 9.21. The van der Waals surface area contributed by atoms with E-state index in [9.17, 15) is 14.9 Å². The molecular formula is C19H20N8O3. The van der Waals surface area contributed by atoms with E-state index >= 15 is 0 Å². The Hall–Kier alpha value is -3.86. The second kappa shape index (κ2) is 7.52. The third-order valence-electron chi connectivity index (χ3n) is 4.75. The number of aryl methyl sites for hydroxylation is 2. The highest BCUT2D eigenvalue weighted by atomic mass is 16.6. The van der Waals surface area contributed by atoms with Gasteiger partial charge in [-0.3, -0.25) is 24.5 Å². The fraction of sp³-hybridized carbons (Fsp3) is 0.263. The van der Waals surface area contributed by atoms with Gasteiger partial charge in [0.15, 0.2) is 5.65 Å². The monoisotopic (exact) mass is 408 g/mol. The van der Waals surface area contributed by atoms with Gasteiger partial charge in [-0.25, -0.2) is 9.97 Å². The minimum Gasteiger partial charge on any atom is -0.344 e. The number of aromatic nitrogens is 6. The number of nitrogens with zero attached hydrogens (tertiary/aromatic N) is 6. The molecule has 4 aromatic rings. The van der Waals surface area contributed by atoms with Crippen molar-refractivity contribution < 1.29 is 4.92 Å². The van der Waals surface area contributed by atoms with Gasteiger partial charge in [-0.2, -0.15) is 5.10 Å². The Bertz CT molecular complexity index is 1300. The number of nitro groups is 1. The lowest BCUT2D eigenvalue weighted by Gasteiger charge is -2.14. The maximum atomic E-state index is 12.2. The van der Waals surface area contributed by atoms with Crippen LogP contribution in [0.3, 0.4) is 0 Å². The summed E-state index contributed by atoms with van der Waals surface area (Å²) in [5.41, 5.74) is 2.50. The molecule has 0 fully saturated rings. The molecule has 30 heavy (non-hydrogen) atoms. The summed E-state index contributed by atoms with van der Waals surface area (Å²) in [4.78, 5) is 39.9. The SMILES string of the molecule is Cc1[nH]c(CN(C)Cc2nc3c(cnn3C)c(=O)[nH]2)nc1-c1cccc([N+](=O)[O-])c1. The molecule has 0 saturated carbocycles. The van der Waals surface area contributed by atoms with Crippen LogP contribution < -0.4 is 5.56 Å². The second-order valence-corrected chi connectivity index (χ2v) is 7.15. The standard InChI is InChI=1S/C19H20N8O3/c1-11-17(12-5-4-6-13(7-12)27(29)30)22-15(21-11)9-25(2)10-16-23-18-14(19(28)24-16)8-20-26(18)3/h4-8H,9-10H2,1-3H3,(H,21,22)(H,23,24,28). The van der Waals surface area contributed by atoms with Crippen molar-refractivity contribution in [2.24, 2.45) is 7.05 Å². The average molecular weight is 408 g/mol. The van der Waals surface area contributed by atoms with Crippen molar-refractivity contribution in [3.63, 3.8) is 0 Å². The largest absolute Gasteiger partial charge is 0.344 e. The van der Waals surface area contributed by atoms with E-state index in [0.717, 1.165) is 5.69 Å². The van der Waals surface area contributed by atoms with E-state index in [1.807, 2.05) is 18.9 Å². The summed E-state index contributed by atoms with van der Waals surface area (Å²) in [6.07, 6.45) is 1.50. The van der Waals surface area contributed by atoms with E-state index in [4.69, 9.17) is 0 Å². The second-order valence-electron chi connectivity index (χ2n) is 7.15. The number of fused-ring (bicyclic) bond motifs is 1. The van der Waals surface area contributed by atoms with Crippen LogP contribution in [-0.2, 0) is 20.1 Å². The number of hydrogen-bond acceptors (Lipinski definition) is 7. The minimum absolute atomic E-state index is 0.0224. The Kier molecular flexibility index (Phi) is 4.88. The molecule has 3 heterocycles. The molecule has 0 radical (unpaired) electrons. The maximum absolute atomic E-state index is 12.2. The lowest BCUT2D eigenvalue weighted by atomic mass is 10.1. The third-order valence-corrected chi connectivity index (χ3v) is 4.75. The summed E-state index contributed by atoms with van der Waals surface area (Å²) in [6.45, 7) is 2.76. The minimum atomic E-state index is -0.424. The molecule has 154 valence electrons. The Labute approximate surface area is 170 Å². The molecule has 1 aromatic carbocycles. The number of nitro benzene ring substituents is 1. The zero-order valence-corrected chi connectivity index (χ0v) is 16.7. The molecule has 0 bridgehead atoms. The van der Waals surface area contributed by atoms with Gasteiger partial charge in [0.25, 0.3) is 11.2 Å². The number of imidazole rings is 1. The fourth-order valence-electron chi connectivity index (χ4n) is 3.37. The van der Waals surface area contributed by atoms with Crippen molar-refractivity contribution in [2.75, 3.05) is 7.05 Å². The van der Waals surface area contributed by atoms with Gasteiger partial charge in [0, 0.05) is 30.4 Å². The van der Waals surface area contributed by atoms with Crippen LogP contribution in [0.1, 0.15) is 17.3 Å². The van der Waals surface area contributed by atoms with Gasteiger partial charge in [0.05, 0.1) is 29.9 Å². The van der Waals surface area contributed by atoms with E-state index in [0.29, 0.717) is 47.0 Å². The molecule has 0 spiro atoms. The lowest BCUT2D eigenvalue weighted by Crippen LogP contribution is -2.22. The fourth-order valence-corrected chi connectivity index (χ4v) is 3.37. The molecule has 4 rings (SSSR count). The third kappa shape index (κ3) is 3.70. The smallest absolute Gasteiger partial charge is 0.270 e. The first-order chi connectivity index (χ1) is 14.3. The van der Waals surface area contributed by atoms with E-state index in [1.165, 1.54) is 18.3 Å². The topological polar surface area (TPSA) is 139 Å². The summed E-state index contributed by atoms with van der Waals surface area (Å²) < 4.78 is 1.56. The summed E-state index contributed by atoms with van der Waals surface area (Å²) in [6, 6.07) is 6.40. The van der Waals surface area contributed by atoms with E-state index in [2.05, 4.69) is 25.0 Å². The number of benzene rings is 1. The van der Waals surface area contributed by atoms with Crippen molar-refractivity contribution in [3.05, 3.63) is 68.3 Å². The van der Waals surface area contributed by atoms with Crippen LogP contribution in [0.25, 0.3) is 22.3 Å². The molecule has 0 saturated heterocycles. The predicted octanol–water partition coefficient (Wildman–Crippen LogP) is 1.90. The molecule has 11 heteroatoms. The summed E-state index contributed by atoms with van der Waals surface area (Å²) in [7, 11) is 3.63. The van der Waals surface area contributed by atoms with Crippen LogP contribution in [0, 0.1) is 17.0 Å². The zero-order chi connectivity index (χ0) is 21.4. The highest BCUT2D eigenvalue weighted by molar-refractivity contribution is 5.72. The van der Waals surface area contributed by atoms with Crippen LogP contribution in [0.2, 0.25) is 0 Å². The Morgan fingerprint density at radius 2 is 1.93 bits per heavy atom. The van der Waals surface area contributed by atoms with Gasteiger partial charge < -0.3 is 9.97 Å². The highest BCUT2D eigenvalue weighted by Crippen LogP contribution is 2.25. The summed E-state index contributed by atoms with van der Waals surface area (Å²) in [5, 5.41) is 15.6. The van der Waals surface area contributed by atoms with Crippen LogP contribution in [0.5, 0.6) is 0 Å². The van der Waals surface area contributed by atoms with Crippen molar-refractivity contribution >= 4 is 16.7 Å². The van der Waals surface area contributed by atoms with Gasteiger partial charge in [-0.05, 0) is 14.0 Å². The zero-order valence-electron chi connectivity index (χ0n) is 16.7. The number of non-ortho nitro benzene ring substituents is 1. The Morgan fingerprint density at radius 1 is 1.20 bits per heavy atom. The molecule has 3 aromatic heterocycles. The van der Waals surface area contributed by atoms with Gasteiger partial charge >= 0.3 is 0 Å². The van der Waals surface area contributed by atoms with Crippen molar-refractivity contribution in [2.45, 2.75) is 20.0 Å². The van der Waals surface area contributed by atoms with Crippen LogP contribution in [0.15, 0.2) is 35.3 Å². The molecule has 0 aliphatic carbocycles. The number of H-pyrrole nitrogens is 2. The average Bonchev–Trinajstić information content (AvgIpc) is 3.24. The number of aromatic amines is 2. The molecule has 0 aliphatic heterocycles. The number of rotatable bonds is 6. The first-order valence-electron chi connectivity index (χ1n) is 9.21. The molecule has 0 atom stereocenters. The van der Waals surface area contributed by atoms with Crippen molar-refractivity contribution in [1.29, 1.82) is 0 Å². The Morgan fingerprint density at radius 3 is 2.67 bits per heavy atom. The molecular weight excluding hydrogens is 388 g/mol.